The quantitative estimate of drug-likeness (QED) is 0.865. The first-order valence-electron chi connectivity index (χ1n) is 5.58. The van der Waals surface area contributed by atoms with E-state index in [0.717, 1.165) is 0 Å². The SMILES string of the molecule is O=C(O)[C@H]1Cc2c(Cl)cccc2CN1C(=O)C(F)(F)F. The number of halogens is 4. The Labute approximate surface area is 116 Å². The van der Waals surface area contributed by atoms with Crippen LogP contribution in [0.2, 0.25) is 5.02 Å². The molecule has 0 spiro atoms. The number of carbonyl (C=O) groups excluding carboxylic acids is 1. The molecular weight excluding hydrogens is 299 g/mol. The third kappa shape index (κ3) is 2.58. The minimum Gasteiger partial charge on any atom is -0.480 e. The predicted octanol–water partition coefficient (Wildman–Crippen LogP) is 2.24. The molecule has 0 saturated heterocycles. The highest BCUT2D eigenvalue weighted by Crippen LogP contribution is 2.31. The van der Waals surface area contributed by atoms with Gasteiger partial charge in [-0.15, -0.1) is 0 Å². The number of carboxylic acids is 1. The molecule has 0 aliphatic carbocycles. The summed E-state index contributed by atoms with van der Waals surface area (Å²) in [4.78, 5) is 22.8. The van der Waals surface area contributed by atoms with E-state index < -0.39 is 30.6 Å². The molecule has 2 rings (SSSR count). The average molecular weight is 308 g/mol. The molecule has 0 radical (unpaired) electrons. The van der Waals surface area contributed by atoms with E-state index in [2.05, 4.69) is 0 Å². The molecule has 0 saturated carbocycles. The molecule has 1 heterocycles. The van der Waals surface area contributed by atoms with Gasteiger partial charge in [0.25, 0.3) is 0 Å². The summed E-state index contributed by atoms with van der Waals surface area (Å²) in [6.45, 7) is -0.425. The second-order valence-electron chi connectivity index (χ2n) is 4.37. The summed E-state index contributed by atoms with van der Waals surface area (Å²) in [6.07, 6.45) is -5.35. The minimum absolute atomic E-state index is 0.244. The number of benzene rings is 1. The smallest absolute Gasteiger partial charge is 0.471 e. The highest BCUT2D eigenvalue weighted by Gasteiger charge is 2.47. The average Bonchev–Trinajstić information content (AvgIpc) is 2.35. The van der Waals surface area contributed by atoms with Crippen molar-refractivity contribution < 1.29 is 27.9 Å². The molecule has 108 valence electrons. The number of rotatable bonds is 1. The first kappa shape index (κ1) is 14.6. The van der Waals surface area contributed by atoms with Crippen molar-refractivity contribution in [1.29, 1.82) is 0 Å². The predicted molar refractivity (Wildman–Crippen MR) is 63.2 cm³/mol. The number of carbonyl (C=O) groups is 2. The molecule has 8 heteroatoms. The molecule has 1 aromatic carbocycles. The highest BCUT2D eigenvalue weighted by molar-refractivity contribution is 6.31. The largest absolute Gasteiger partial charge is 0.480 e. The van der Waals surface area contributed by atoms with Crippen LogP contribution in [-0.4, -0.2) is 34.1 Å². The lowest BCUT2D eigenvalue weighted by atomic mass is 9.93. The second kappa shape index (κ2) is 4.97. The molecule has 1 N–H and O–H groups in total. The Morgan fingerprint density at radius 1 is 1.35 bits per heavy atom. The molecule has 4 nitrogen and oxygen atoms in total. The molecule has 0 aromatic heterocycles. The van der Waals surface area contributed by atoms with Crippen LogP contribution in [0.5, 0.6) is 0 Å². The number of alkyl halides is 3. The second-order valence-corrected chi connectivity index (χ2v) is 4.77. The zero-order chi connectivity index (χ0) is 15.1. The summed E-state index contributed by atoms with van der Waals surface area (Å²) in [5.74, 6) is -3.65. The van der Waals surface area contributed by atoms with E-state index >= 15 is 0 Å². The van der Waals surface area contributed by atoms with E-state index in [4.69, 9.17) is 16.7 Å². The van der Waals surface area contributed by atoms with E-state index in [1.165, 1.54) is 12.1 Å². The van der Waals surface area contributed by atoms with Crippen LogP contribution in [-0.2, 0) is 22.6 Å². The van der Waals surface area contributed by atoms with Crippen molar-refractivity contribution in [2.24, 2.45) is 0 Å². The maximum absolute atomic E-state index is 12.5. The van der Waals surface area contributed by atoms with E-state index in [1.807, 2.05) is 0 Å². The van der Waals surface area contributed by atoms with Gasteiger partial charge in [0.1, 0.15) is 6.04 Å². The van der Waals surface area contributed by atoms with Crippen LogP contribution in [0.1, 0.15) is 11.1 Å². The monoisotopic (exact) mass is 307 g/mol. The molecule has 0 unspecified atom stereocenters. The summed E-state index contributed by atoms with van der Waals surface area (Å²) >= 11 is 5.91. The maximum atomic E-state index is 12.5. The van der Waals surface area contributed by atoms with Crippen molar-refractivity contribution in [3.8, 4) is 0 Å². The van der Waals surface area contributed by atoms with E-state index in [9.17, 15) is 22.8 Å². The van der Waals surface area contributed by atoms with Crippen molar-refractivity contribution in [1.82, 2.24) is 4.90 Å². The summed E-state index contributed by atoms with van der Waals surface area (Å²) in [5.41, 5.74) is 0.889. The van der Waals surface area contributed by atoms with Gasteiger partial charge >= 0.3 is 18.1 Å². The molecule has 1 aromatic rings. The van der Waals surface area contributed by atoms with Crippen LogP contribution < -0.4 is 0 Å². The van der Waals surface area contributed by atoms with Gasteiger partial charge < -0.3 is 10.0 Å². The van der Waals surface area contributed by atoms with Gasteiger partial charge in [-0.2, -0.15) is 13.2 Å². The van der Waals surface area contributed by atoms with Gasteiger partial charge in [0, 0.05) is 18.0 Å². The molecule has 0 bridgehead atoms. The maximum Gasteiger partial charge on any atom is 0.471 e. The minimum atomic E-state index is -5.11. The van der Waals surface area contributed by atoms with E-state index in [0.29, 0.717) is 16.0 Å². The molecule has 1 amide bonds. The van der Waals surface area contributed by atoms with Crippen LogP contribution in [0.4, 0.5) is 13.2 Å². The van der Waals surface area contributed by atoms with Gasteiger partial charge in [-0.3, -0.25) is 4.79 Å². The Morgan fingerprint density at radius 3 is 2.55 bits per heavy atom. The molecule has 20 heavy (non-hydrogen) atoms. The summed E-state index contributed by atoms with van der Waals surface area (Å²) in [7, 11) is 0. The zero-order valence-electron chi connectivity index (χ0n) is 9.95. The van der Waals surface area contributed by atoms with E-state index in [1.54, 1.807) is 6.07 Å². The molecule has 1 atom stereocenters. The Hall–Kier alpha value is -1.76. The van der Waals surface area contributed by atoms with Gasteiger partial charge in [-0.1, -0.05) is 23.7 Å². The lowest BCUT2D eigenvalue weighted by molar-refractivity contribution is -0.191. The highest BCUT2D eigenvalue weighted by atomic mass is 35.5. The summed E-state index contributed by atoms with van der Waals surface area (Å²) in [6, 6.07) is 3.02. The number of amides is 1. The van der Waals surface area contributed by atoms with Crippen LogP contribution in [0.3, 0.4) is 0 Å². The molecule has 1 aliphatic rings. The Morgan fingerprint density at radius 2 is 2.00 bits per heavy atom. The van der Waals surface area contributed by atoms with Gasteiger partial charge in [0.05, 0.1) is 0 Å². The normalized spacial score (nSPS) is 18.6. The van der Waals surface area contributed by atoms with Crippen LogP contribution in [0.15, 0.2) is 18.2 Å². The van der Waals surface area contributed by atoms with Crippen molar-refractivity contribution in [2.75, 3.05) is 0 Å². The van der Waals surface area contributed by atoms with Crippen LogP contribution >= 0.6 is 11.6 Å². The summed E-state index contributed by atoms with van der Waals surface area (Å²) < 4.78 is 37.5. The Kier molecular flexibility index (Phi) is 3.64. The molecule has 1 aliphatic heterocycles. The third-order valence-corrected chi connectivity index (χ3v) is 3.47. The topological polar surface area (TPSA) is 57.6 Å². The van der Waals surface area contributed by atoms with Gasteiger partial charge in [0.15, 0.2) is 0 Å². The fraction of sp³-hybridized carbons (Fsp3) is 0.333. The lowest BCUT2D eigenvalue weighted by Crippen LogP contribution is -2.52. The number of nitrogens with zero attached hydrogens (tertiary/aromatic N) is 1. The molecular formula is C12H9ClF3NO3. The Bertz CT molecular complexity index is 574. The van der Waals surface area contributed by atoms with Crippen molar-refractivity contribution in [3.63, 3.8) is 0 Å². The van der Waals surface area contributed by atoms with Crippen LogP contribution in [0, 0.1) is 0 Å². The lowest BCUT2D eigenvalue weighted by Gasteiger charge is -2.35. The summed E-state index contributed by atoms with van der Waals surface area (Å²) in [5, 5.41) is 9.32. The number of carboxylic acid groups (broad SMARTS) is 1. The third-order valence-electron chi connectivity index (χ3n) is 3.12. The first-order chi connectivity index (χ1) is 9.21. The van der Waals surface area contributed by atoms with Crippen LogP contribution in [0.25, 0.3) is 0 Å². The van der Waals surface area contributed by atoms with Gasteiger partial charge in [0.2, 0.25) is 0 Å². The number of hydrogen-bond donors (Lipinski definition) is 1. The zero-order valence-corrected chi connectivity index (χ0v) is 10.7. The fourth-order valence-electron chi connectivity index (χ4n) is 2.17. The fourth-order valence-corrected chi connectivity index (χ4v) is 2.45. The Balaban J connectivity index is 2.43. The standard InChI is InChI=1S/C12H9ClF3NO3/c13-8-3-1-2-6-5-17(11(20)12(14,15)16)9(10(18)19)4-7(6)8/h1-3,9H,4-5H2,(H,18,19)/t9-/m1/s1. The number of hydrogen-bond acceptors (Lipinski definition) is 2. The molecule has 0 fully saturated rings. The number of fused-ring (bicyclic) bond motifs is 1. The van der Waals surface area contributed by atoms with Crippen molar-refractivity contribution in [2.45, 2.75) is 25.2 Å². The van der Waals surface area contributed by atoms with E-state index in [-0.39, 0.29) is 11.4 Å². The van der Waals surface area contributed by atoms with Gasteiger partial charge in [-0.05, 0) is 17.2 Å². The number of aliphatic carboxylic acids is 1. The first-order valence-corrected chi connectivity index (χ1v) is 5.96. The van der Waals surface area contributed by atoms with Crippen molar-refractivity contribution in [3.05, 3.63) is 34.3 Å². The van der Waals surface area contributed by atoms with Crippen molar-refractivity contribution >= 4 is 23.5 Å². The van der Waals surface area contributed by atoms with Gasteiger partial charge in [-0.25, -0.2) is 4.79 Å².